The summed E-state index contributed by atoms with van der Waals surface area (Å²) < 4.78 is 5.39. The molecule has 1 aromatic carbocycles. The number of hydrogen-bond donors (Lipinski definition) is 1. The summed E-state index contributed by atoms with van der Waals surface area (Å²) in [6, 6.07) is 7.95. The number of fused-ring (bicyclic) bond motifs is 1. The molecule has 1 aromatic heterocycles. The van der Waals surface area contributed by atoms with E-state index >= 15 is 0 Å². The molecule has 1 aliphatic heterocycles. The molecule has 1 aliphatic rings. The van der Waals surface area contributed by atoms with E-state index in [-0.39, 0.29) is 0 Å². The molecule has 1 saturated heterocycles. The molecule has 2 aromatic rings. The first-order valence-electron chi connectivity index (χ1n) is 7.15. The lowest BCUT2D eigenvalue weighted by atomic mass is 10.1. The smallest absolute Gasteiger partial charge is 0.0761 e. The van der Waals surface area contributed by atoms with Crippen molar-refractivity contribution >= 4 is 22.5 Å². The maximum absolute atomic E-state index is 6.20. The van der Waals surface area contributed by atoms with Gasteiger partial charge in [0.1, 0.15) is 0 Å². The van der Waals surface area contributed by atoms with Gasteiger partial charge >= 0.3 is 0 Å². The molecule has 0 amide bonds. The van der Waals surface area contributed by atoms with Crippen LogP contribution in [0.3, 0.4) is 0 Å². The van der Waals surface area contributed by atoms with Crippen molar-refractivity contribution in [3.05, 3.63) is 41.0 Å². The van der Waals surface area contributed by atoms with Gasteiger partial charge in [-0.3, -0.25) is 4.98 Å². The van der Waals surface area contributed by atoms with Crippen molar-refractivity contribution in [3.63, 3.8) is 0 Å². The van der Waals surface area contributed by atoms with Crippen molar-refractivity contribution in [1.82, 2.24) is 10.3 Å². The highest BCUT2D eigenvalue weighted by molar-refractivity contribution is 6.35. The van der Waals surface area contributed by atoms with Crippen LogP contribution in [0.2, 0.25) is 5.02 Å². The van der Waals surface area contributed by atoms with Crippen LogP contribution in [0.5, 0.6) is 0 Å². The lowest BCUT2D eigenvalue weighted by Crippen LogP contribution is -2.18. The van der Waals surface area contributed by atoms with Gasteiger partial charge in [-0.25, -0.2) is 0 Å². The molecule has 1 unspecified atom stereocenters. The lowest BCUT2D eigenvalue weighted by Gasteiger charge is -2.10. The van der Waals surface area contributed by atoms with Gasteiger partial charge in [-0.1, -0.05) is 17.7 Å². The van der Waals surface area contributed by atoms with Crippen molar-refractivity contribution in [2.24, 2.45) is 5.92 Å². The average Bonchev–Trinajstić information content (AvgIpc) is 2.99. The summed E-state index contributed by atoms with van der Waals surface area (Å²) >= 11 is 6.20. The molecule has 4 heteroatoms. The van der Waals surface area contributed by atoms with E-state index in [1.165, 1.54) is 18.4 Å². The first kappa shape index (κ1) is 13.8. The van der Waals surface area contributed by atoms with Crippen LogP contribution in [-0.2, 0) is 11.3 Å². The molecule has 106 valence electrons. The number of rotatable bonds is 5. The number of nitrogens with one attached hydrogen (secondary N) is 1. The summed E-state index contributed by atoms with van der Waals surface area (Å²) in [5.41, 5.74) is 2.20. The Bertz CT molecular complexity index is 582. The predicted octanol–water partition coefficient (Wildman–Crippen LogP) is 3.40. The topological polar surface area (TPSA) is 34.1 Å². The van der Waals surface area contributed by atoms with E-state index in [0.29, 0.717) is 0 Å². The zero-order valence-electron chi connectivity index (χ0n) is 11.4. The summed E-state index contributed by atoms with van der Waals surface area (Å²) in [5.74, 6) is 0.725. The minimum atomic E-state index is 0.725. The van der Waals surface area contributed by atoms with E-state index in [2.05, 4.69) is 16.4 Å². The van der Waals surface area contributed by atoms with Gasteiger partial charge in [-0.15, -0.1) is 0 Å². The zero-order chi connectivity index (χ0) is 13.8. The Kier molecular flexibility index (Phi) is 4.51. The van der Waals surface area contributed by atoms with Gasteiger partial charge in [0.2, 0.25) is 0 Å². The summed E-state index contributed by atoms with van der Waals surface area (Å²) in [7, 11) is 0. The molecule has 1 atom stereocenters. The maximum Gasteiger partial charge on any atom is 0.0761 e. The van der Waals surface area contributed by atoms with Gasteiger partial charge in [0, 0.05) is 36.4 Å². The molecule has 3 nitrogen and oxygen atoms in total. The molecular formula is C16H19ClN2O. The molecule has 0 saturated carbocycles. The van der Waals surface area contributed by atoms with Gasteiger partial charge in [0.25, 0.3) is 0 Å². The van der Waals surface area contributed by atoms with Crippen LogP contribution in [0.15, 0.2) is 30.5 Å². The Morgan fingerprint density at radius 1 is 1.35 bits per heavy atom. The first-order chi connectivity index (χ1) is 9.84. The SMILES string of the molecule is Clc1ccc(CNCCC2CCOC2)c2ncccc12. The van der Waals surface area contributed by atoms with Gasteiger partial charge < -0.3 is 10.1 Å². The molecule has 0 aliphatic carbocycles. The third-order valence-corrected chi connectivity index (χ3v) is 4.20. The van der Waals surface area contributed by atoms with E-state index in [1.807, 2.05) is 24.4 Å². The second kappa shape index (κ2) is 6.53. The maximum atomic E-state index is 6.20. The van der Waals surface area contributed by atoms with Crippen LogP contribution in [0, 0.1) is 5.92 Å². The number of benzene rings is 1. The fourth-order valence-corrected chi connectivity index (χ4v) is 2.89. The quantitative estimate of drug-likeness (QED) is 0.857. The normalized spacial score (nSPS) is 18.8. The van der Waals surface area contributed by atoms with Crippen LogP contribution in [0.1, 0.15) is 18.4 Å². The number of pyridine rings is 1. The Hall–Kier alpha value is -1.16. The Balaban J connectivity index is 1.61. The Morgan fingerprint density at radius 3 is 3.15 bits per heavy atom. The summed E-state index contributed by atoms with van der Waals surface area (Å²) in [5, 5.41) is 5.29. The van der Waals surface area contributed by atoms with E-state index in [0.717, 1.165) is 48.1 Å². The lowest BCUT2D eigenvalue weighted by molar-refractivity contribution is 0.184. The standard InChI is InChI=1S/C16H19ClN2O/c17-15-4-3-13(16-14(15)2-1-7-19-16)10-18-8-5-12-6-9-20-11-12/h1-4,7,12,18H,5-6,8-11H2. The van der Waals surface area contributed by atoms with Gasteiger partial charge in [0.15, 0.2) is 0 Å². The number of nitrogens with zero attached hydrogens (tertiary/aromatic N) is 1. The zero-order valence-corrected chi connectivity index (χ0v) is 12.2. The minimum absolute atomic E-state index is 0.725. The van der Waals surface area contributed by atoms with E-state index in [9.17, 15) is 0 Å². The molecule has 1 N–H and O–H groups in total. The molecule has 0 bridgehead atoms. The highest BCUT2D eigenvalue weighted by Gasteiger charge is 2.14. The molecule has 1 fully saturated rings. The van der Waals surface area contributed by atoms with Crippen LogP contribution in [0.4, 0.5) is 0 Å². The monoisotopic (exact) mass is 290 g/mol. The largest absolute Gasteiger partial charge is 0.381 e. The molecule has 0 radical (unpaired) electrons. The molecule has 3 rings (SSSR count). The van der Waals surface area contributed by atoms with Crippen molar-refractivity contribution in [2.75, 3.05) is 19.8 Å². The third-order valence-electron chi connectivity index (χ3n) is 3.87. The second-order valence-corrected chi connectivity index (χ2v) is 5.71. The Labute approximate surface area is 124 Å². The summed E-state index contributed by atoms with van der Waals surface area (Å²) in [4.78, 5) is 4.45. The van der Waals surface area contributed by atoms with Crippen molar-refractivity contribution in [3.8, 4) is 0 Å². The predicted molar refractivity (Wildman–Crippen MR) is 82.0 cm³/mol. The third kappa shape index (κ3) is 3.11. The number of ether oxygens (including phenoxy) is 1. The van der Waals surface area contributed by atoms with Crippen molar-refractivity contribution in [2.45, 2.75) is 19.4 Å². The van der Waals surface area contributed by atoms with Gasteiger partial charge in [-0.2, -0.15) is 0 Å². The molecule has 20 heavy (non-hydrogen) atoms. The van der Waals surface area contributed by atoms with E-state index < -0.39 is 0 Å². The first-order valence-corrected chi connectivity index (χ1v) is 7.53. The van der Waals surface area contributed by atoms with Crippen LogP contribution >= 0.6 is 11.6 Å². The van der Waals surface area contributed by atoms with Crippen molar-refractivity contribution < 1.29 is 4.74 Å². The van der Waals surface area contributed by atoms with Crippen LogP contribution < -0.4 is 5.32 Å². The van der Waals surface area contributed by atoms with Gasteiger partial charge in [-0.05, 0) is 49.1 Å². The van der Waals surface area contributed by atoms with Crippen molar-refractivity contribution in [1.29, 1.82) is 0 Å². The fraction of sp³-hybridized carbons (Fsp3) is 0.438. The summed E-state index contributed by atoms with van der Waals surface area (Å²) in [6.07, 6.45) is 4.20. The highest BCUT2D eigenvalue weighted by Crippen LogP contribution is 2.24. The second-order valence-electron chi connectivity index (χ2n) is 5.30. The van der Waals surface area contributed by atoms with E-state index in [4.69, 9.17) is 16.3 Å². The van der Waals surface area contributed by atoms with Gasteiger partial charge in [0.05, 0.1) is 5.52 Å². The number of hydrogen-bond acceptors (Lipinski definition) is 3. The fourth-order valence-electron chi connectivity index (χ4n) is 2.68. The van der Waals surface area contributed by atoms with E-state index in [1.54, 1.807) is 0 Å². The highest BCUT2D eigenvalue weighted by atomic mass is 35.5. The Morgan fingerprint density at radius 2 is 2.30 bits per heavy atom. The molecule has 0 spiro atoms. The number of aromatic nitrogens is 1. The van der Waals surface area contributed by atoms with Crippen LogP contribution in [-0.4, -0.2) is 24.7 Å². The average molecular weight is 291 g/mol. The number of halogens is 1. The minimum Gasteiger partial charge on any atom is -0.381 e. The summed E-state index contributed by atoms with van der Waals surface area (Å²) in [6.45, 7) is 3.70. The van der Waals surface area contributed by atoms with Crippen LogP contribution in [0.25, 0.3) is 10.9 Å². The molecular weight excluding hydrogens is 272 g/mol. The molecule has 2 heterocycles.